The number of hydrogen-bond donors (Lipinski definition) is 0. The molecule has 0 spiro atoms. The first kappa shape index (κ1) is 22.3. The SMILES string of the molecule is Cc1cc(=O)n(C)c(SCCCC(=O)N2CCN(C/C=C/c3ccccc3)CC2)n1. The van der Waals surface area contributed by atoms with E-state index >= 15 is 0 Å². The van der Waals surface area contributed by atoms with Gasteiger partial charge in [0.1, 0.15) is 0 Å². The van der Waals surface area contributed by atoms with E-state index in [-0.39, 0.29) is 11.5 Å². The van der Waals surface area contributed by atoms with Gasteiger partial charge >= 0.3 is 0 Å². The summed E-state index contributed by atoms with van der Waals surface area (Å²) in [5.41, 5.74) is 1.90. The first-order valence-electron chi connectivity index (χ1n) is 10.4. The van der Waals surface area contributed by atoms with Crippen molar-refractivity contribution in [3.8, 4) is 0 Å². The lowest BCUT2D eigenvalue weighted by atomic mass is 10.2. The molecule has 30 heavy (non-hydrogen) atoms. The van der Waals surface area contributed by atoms with Gasteiger partial charge in [-0.2, -0.15) is 0 Å². The smallest absolute Gasteiger partial charge is 0.254 e. The highest BCUT2D eigenvalue weighted by molar-refractivity contribution is 7.99. The molecule has 0 radical (unpaired) electrons. The number of piperazine rings is 1. The van der Waals surface area contributed by atoms with Crippen LogP contribution in [-0.2, 0) is 11.8 Å². The van der Waals surface area contributed by atoms with Crippen molar-refractivity contribution in [1.29, 1.82) is 0 Å². The third-order valence-electron chi connectivity index (χ3n) is 5.19. The molecular formula is C23H30N4O2S. The van der Waals surface area contributed by atoms with Crippen LogP contribution in [-0.4, -0.2) is 63.7 Å². The predicted molar refractivity (Wildman–Crippen MR) is 123 cm³/mol. The monoisotopic (exact) mass is 426 g/mol. The summed E-state index contributed by atoms with van der Waals surface area (Å²) in [6.45, 7) is 6.14. The molecule has 1 aliphatic heterocycles. The molecule has 0 unspecified atom stereocenters. The fraction of sp³-hybridized carbons (Fsp3) is 0.435. The number of carbonyl (C=O) groups is 1. The van der Waals surface area contributed by atoms with Crippen molar-refractivity contribution in [2.75, 3.05) is 38.5 Å². The Morgan fingerprint density at radius 2 is 1.90 bits per heavy atom. The van der Waals surface area contributed by atoms with Crippen LogP contribution >= 0.6 is 11.8 Å². The van der Waals surface area contributed by atoms with E-state index in [1.807, 2.05) is 30.0 Å². The number of benzene rings is 1. The summed E-state index contributed by atoms with van der Waals surface area (Å²) in [7, 11) is 1.73. The number of aryl methyl sites for hydroxylation is 1. The molecule has 1 aromatic carbocycles. The average Bonchev–Trinajstić information content (AvgIpc) is 2.75. The van der Waals surface area contributed by atoms with Gasteiger partial charge in [0.2, 0.25) is 5.91 Å². The van der Waals surface area contributed by atoms with E-state index in [2.05, 4.69) is 34.2 Å². The van der Waals surface area contributed by atoms with Gasteiger partial charge in [0, 0.05) is 63.7 Å². The lowest BCUT2D eigenvalue weighted by Gasteiger charge is -2.34. The molecule has 160 valence electrons. The lowest BCUT2D eigenvalue weighted by molar-refractivity contribution is -0.132. The van der Waals surface area contributed by atoms with Crippen LogP contribution in [0.3, 0.4) is 0 Å². The van der Waals surface area contributed by atoms with Gasteiger partial charge in [0.05, 0.1) is 0 Å². The van der Waals surface area contributed by atoms with E-state index in [0.717, 1.165) is 50.6 Å². The Kier molecular flexibility index (Phi) is 8.28. The summed E-state index contributed by atoms with van der Waals surface area (Å²) >= 11 is 1.54. The van der Waals surface area contributed by atoms with E-state index in [1.165, 1.54) is 23.4 Å². The number of amides is 1. The number of carbonyl (C=O) groups excluding carboxylic acids is 1. The maximum atomic E-state index is 12.5. The maximum Gasteiger partial charge on any atom is 0.254 e. The Morgan fingerprint density at radius 3 is 2.63 bits per heavy atom. The highest BCUT2D eigenvalue weighted by Gasteiger charge is 2.20. The molecule has 2 heterocycles. The molecule has 1 aromatic heterocycles. The summed E-state index contributed by atoms with van der Waals surface area (Å²) in [5.74, 6) is 1.00. The van der Waals surface area contributed by atoms with Crippen molar-refractivity contribution >= 4 is 23.7 Å². The van der Waals surface area contributed by atoms with Crippen molar-refractivity contribution in [3.05, 3.63) is 64.1 Å². The normalized spacial score (nSPS) is 15.1. The molecule has 0 bridgehead atoms. The first-order chi connectivity index (χ1) is 14.5. The number of hydrogen-bond acceptors (Lipinski definition) is 5. The van der Waals surface area contributed by atoms with Crippen LogP contribution in [0, 0.1) is 6.92 Å². The van der Waals surface area contributed by atoms with Gasteiger partial charge in [-0.25, -0.2) is 4.98 Å². The fourth-order valence-corrected chi connectivity index (χ4v) is 4.35. The molecule has 6 nitrogen and oxygen atoms in total. The summed E-state index contributed by atoms with van der Waals surface area (Å²) in [4.78, 5) is 33.1. The molecule has 2 aromatic rings. The lowest BCUT2D eigenvalue weighted by Crippen LogP contribution is -2.48. The number of aromatic nitrogens is 2. The second-order valence-electron chi connectivity index (χ2n) is 7.52. The molecular weight excluding hydrogens is 396 g/mol. The molecule has 1 aliphatic rings. The van der Waals surface area contributed by atoms with E-state index < -0.39 is 0 Å². The molecule has 0 saturated carbocycles. The van der Waals surface area contributed by atoms with Gasteiger partial charge in [-0.05, 0) is 18.9 Å². The minimum atomic E-state index is -0.0439. The quantitative estimate of drug-likeness (QED) is 0.369. The Hall–Kier alpha value is -2.38. The molecule has 7 heteroatoms. The van der Waals surface area contributed by atoms with Crippen molar-refractivity contribution < 1.29 is 4.79 Å². The average molecular weight is 427 g/mol. The minimum absolute atomic E-state index is 0.0439. The number of thioether (sulfide) groups is 1. The molecule has 3 rings (SSSR count). The van der Waals surface area contributed by atoms with Crippen LogP contribution in [0.25, 0.3) is 6.08 Å². The van der Waals surface area contributed by atoms with Crippen LogP contribution in [0.1, 0.15) is 24.1 Å². The summed E-state index contributed by atoms with van der Waals surface area (Å²) in [5, 5.41) is 0.713. The zero-order valence-corrected chi connectivity index (χ0v) is 18.6. The van der Waals surface area contributed by atoms with Crippen molar-refractivity contribution in [2.45, 2.75) is 24.9 Å². The Morgan fingerprint density at radius 1 is 1.17 bits per heavy atom. The third-order valence-corrected chi connectivity index (χ3v) is 6.30. The first-order valence-corrected chi connectivity index (χ1v) is 11.4. The van der Waals surface area contributed by atoms with Crippen molar-refractivity contribution in [3.63, 3.8) is 0 Å². The van der Waals surface area contributed by atoms with E-state index in [4.69, 9.17) is 0 Å². The fourth-order valence-electron chi connectivity index (χ4n) is 3.38. The summed E-state index contributed by atoms with van der Waals surface area (Å²) < 4.78 is 1.56. The Bertz CT molecular complexity index is 919. The Balaban J connectivity index is 1.34. The van der Waals surface area contributed by atoms with Gasteiger partial charge in [-0.3, -0.25) is 19.1 Å². The van der Waals surface area contributed by atoms with Gasteiger partial charge in [-0.1, -0.05) is 54.2 Å². The highest BCUT2D eigenvalue weighted by atomic mass is 32.2. The molecule has 1 fully saturated rings. The predicted octanol–water partition coefficient (Wildman–Crippen LogP) is 2.82. The van der Waals surface area contributed by atoms with Crippen LogP contribution in [0.5, 0.6) is 0 Å². The second kappa shape index (κ2) is 11.1. The number of rotatable bonds is 8. The van der Waals surface area contributed by atoms with Crippen LogP contribution in [0.2, 0.25) is 0 Å². The van der Waals surface area contributed by atoms with E-state index in [9.17, 15) is 9.59 Å². The summed E-state index contributed by atoms with van der Waals surface area (Å²) in [6.07, 6.45) is 5.67. The van der Waals surface area contributed by atoms with E-state index in [1.54, 1.807) is 11.6 Å². The molecule has 1 saturated heterocycles. The van der Waals surface area contributed by atoms with Crippen LogP contribution < -0.4 is 5.56 Å². The molecule has 1 amide bonds. The Labute approximate surface area is 182 Å². The molecule has 0 aliphatic carbocycles. The third kappa shape index (κ3) is 6.57. The molecule has 0 atom stereocenters. The summed E-state index contributed by atoms with van der Waals surface area (Å²) in [6, 6.07) is 11.8. The maximum absolute atomic E-state index is 12.5. The largest absolute Gasteiger partial charge is 0.340 e. The van der Waals surface area contributed by atoms with E-state index in [0.29, 0.717) is 11.6 Å². The molecule has 0 N–H and O–H groups in total. The van der Waals surface area contributed by atoms with Gasteiger partial charge in [-0.15, -0.1) is 0 Å². The van der Waals surface area contributed by atoms with Crippen LogP contribution in [0.4, 0.5) is 0 Å². The van der Waals surface area contributed by atoms with Gasteiger partial charge in [0.25, 0.3) is 5.56 Å². The standard InChI is InChI=1S/C23H30N4O2S/c1-19-18-22(29)25(2)23(24-19)30-17-7-11-21(28)27-15-13-26(14-16-27)12-6-10-20-8-4-3-5-9-20/h3-6,8-10,18H,7,11-17H2,1-2H3/b10-6+. The van der Waals surface area contributed by atoms with Crippen LogP contribution in [0.15, 0.2) is 52.4 Å². The topological polar surface area (TPSA) is 58.4 Å². The zero-order chi connectivity index (χ0) is 21.3. The van der Waals surface area contributed by atoms with Gasteiger partial charge < -0.3 is 4.90 Å². The van der Waals surface area contributed by atoms with Crippen molar-refractivity contribution in [1.82, 2.24) is 19.4 Å². The minimum Gasteiger partial charge on any atom is -0.340 e. The van der Waals surface area contributed by atoms with Crippen molar-refractivity contribution in [2.24, 2.45) is 7.05 Å². The second-order valence-corrected chi connectivity index (χ2v) is 8.59. The van der Waals surface area contributed by atoms with Gasteiger partial charge in [0.15, 0.2) is 5.16 Å². The highest BCUT2D eigenvalue weighted by Crippen LogP contribution is 2.16. The number of nitrogens with zero attached hydrogens (tertiary/aromatic N) is 4. The zero-order valence-electron chi connectivity index (χ0n) is 17.8.